The molecule has 0 atom stereocenters. The molecule has 2 N–H and O–H groups in total. The second-order valence-electron chi connectivity index (χ2n) is 5.32. The van der Waals surface area contributed by atoms with Gasteiger partial charge >= 0.3 is 12.0 Å². The molecule has 1 fully saturated rings. The number of rotatable bonds is 4. The number of anilines is 1. The van der Waals surface area contributed by atoms with E-state index in [2.05, 4.69) is 24.1 Å². The Morgan fingerprint density at radius 2 is 2.05 bits per heavy atom. The Morgan fingerprint density at radius 3 is 2.57 bits per heavy atom. The minimum atomic E-state index is -0.836. The second kappa shape index (κ2) is 6.86. The predicted octanol–water partition coefficient (Wildman–Crippen LogP) is 1.50. The molecule has 7 nitrogen and oxygen atoms in total. The van der Waals surface area contributed by atoms with E-state index in [1.807, 2.05) is 10.3 Å². The SMILES string of the molecule is CC(C)c1csc(NC(=O)N2CCN(CC(=O)O)CC2)n1. The van der Waals surface area contributed by atoms with Gasteiger partial charge in [0.1, 0.15) is 0 Å². The number of aromatic nitrogens is 1. The quantitative estimate of drug-likeness (QED) is 0.880. The molecular weight excluding hydrogens is 292 g/mol. The van der Waals surface area contributed by atoms with Crippen molar-refractivity contribution in [3.05, 3.63) is 11.1 Å². The maximum Gasteiger partial charge on any atom is 0.323 e. The number of carbonyl (C=O) groups is 2. The van der Waals surface area contributed by atoms with E-state index in [-0.39, 0.29) is 12.6 Å². The minimum absolute atomic E-state index is 0.0275. The first-order valence-electron chi connectivity index (χ1n) is 6.91. The van der Waals surface area contributed by atoms with Gasteiger partial charge in [-0.2, -0.15) is 0 Å². The summed E-state index contributed by atoms with van der Waals surface area (Å²) >= 11 is 1.42. The van der Waals surface area contributed by atoms with Crippen LogP contribution in [0.1, 0.15) is 25.5 Å². The van der Waals surface area contributed by atoms with E-state index in [1.165, 1.54) is 11.3 Å². The fourth-order valence-electron chi connectivity index (χ4n) is 2.08. The predicted molar refractivity (Wildman–Crippen MR) is 80.9 cm³/mol. The van der Waals surface area contributed by atoms with Crippen LogP contribution < -0.4 is 5.32 Å². The van der Waals surface area contributed by atoms with Crippen LogP contribution in [0.4, 0.5) is 9.93 Å². The van der Waals surface area contributed by atoms with Gasteiger partial charge in [-0.1, -0.05) is 13.8 Å². The summed E-state index contributed by atoms with van der Waals surface area (Å²) in [6.45, 7) is 6.36. The van der Waals surface area contributed by atoms with Crippen molar-refractivity contribution in [2.75, 3.05) is 38.0 Å². The van der Waals surface area contributed by atoms with Crippen LogP contribution in [0.25, 0.3) is 0 Å². The van der Waals surface area contributed by atoms with E-state index < -0.39 is 5.97 Å². The zero-order chi connectivity index (χ0) is 15.4. The lowest BCUT2D eigenvalue weighted by Crippen LogP contribution is -2.51. The van der Waals surface area contributed by atoms with Crippen molar-refractivity contribution in [3.8, 4) is 0 Å². The summed E-state index contributed by atoms with van der Waals surface area (Å²) < 4.78 is 0. The van der Waals surface area contributed by atoms with Crippen molar-refractivity contribution in [1.82, 2.24) is 14.8 Å². The third-order valence-corrected chi connectivity index (χ3v) is 4.12. The van der Waals surface area contributed by atoms with Crippen molar-refractivity contribution in [1.29, 1.82) is 0 Å². The number of aliphatic carboxylic acids is 1. The molecule has 2 rings (SSSR count). The van der Waals surface area contributed by atoms with Gasteiger partial charge in [0.25, 0.3) is 0 Å². The molecule has 8 heteroatoms. The van der Waals surface area contributed by atoms with Gasteiger partial charge in [-0.15, -0.1) is 11.3 Å². The molecule has 1 aromatic rings. The second-order valence-corrected chi connectivity index (χ2v) is 6.18. The van der Waals surface area contributed by atoms with E-state index >= 15 is 0 Å². The Labute approximate surface area is 127 Å². The van der Waals surface area contributed by atoms with Crippen LogP contribution >= 0.6 is 11.3 Å². The van der Waals surface area contributed by atoms with Crippen molar-refractivity contribution in [2.24, 2.45) is 0 Å². The molecule has 0 radical (unpaired) electrons. The zero-order valence-electron chi connectivity index (χ0n) is 12.2. The number of carboxylic acid groups (broad SMARTS) is 1. The molecule has 1 aromatic heterocycles. The molecule has 0 saturated carbocycles. The molecule has 1 aliphatic heterocycles. The Hall–Kier alpha value is -1.67. The molecule has 2 amide bonds. The summed E-state index contributed by atoms with van der Waals surface area (Å²) in [6, 6.07) is -0.172. The number of amides is 2. The summed E-state index contributed by atoms with van der Waals surface area (Å²) in [5.74, 6) is -0.497. The van der Waals surface area contributed by atoms with Gasteiger partial charge in [-0.3, -0.25) is 15.0 Å². The average Bonchev–Trinajstić information content (AvgIpc) is 2.87. The first kappa shape index (κ1) is 15.7. The lowest BCUT2D eigenvalue weighted by molar-refractivity contribution is -0.138. The molecule has 116 valence electrons. The monoisotopic (exact) mass is 312 g/mol. The normalized spacial score (nSPS) is 16.2. The van der Waals surface area contributed by atoms with Gasteiger partial charge in [0.15, 0.2) is 5.13 Å². The molecule has 1 aliphatic rings. The number of hydrogen-bond donors (Lipinski definition) is 2. The number of thiazole rings is 1. The van der Waals surface area contributed by atoms with Crippen LogP contribution in [-0.2, 0) is 4.79 Å². The van der Waals surface area contributed by atoms with Crippen LogP contribution in [0, 0.1) is 0 Å². The van der Waals surface area contributed by atoms with Gasteiger partial charge < -0.3 is 10.0 Å². The number of piperazine rings is 1. The standard InChI is InChI=1S/C13H20N4O3S/c1-9(2)10-8-21-12(14-10)15-13(20)17-5-3-16(4-6-17)7-11(18)19/h8-9H,3-7H2,1-2H3,(H,18,19)(H,14,15,20). The largest absolute Gasteiger partial charge is 0.480 e. The van der Waals surface area contributed by atoms with Crippen molar-refractivity contribution in [2.45, 2.75) is 19.8 Å². The molecule has 2 heterocycles. The van der Waals surface area contributed by atoms with Crippen molar-refractivity contribution in [3.63, 3.8) is 0 Å². The number of hydrogen-bond acceptors (Lipinski definition) is 5. The lowest BCUT2D eigenvalue weighted by atomic mass is 10.2. The lowest BCUT2D eigenvalue weighted by Gasteiger charge is -2.33. The van der Waals surface area contributed by atoms with Crippen LogP contribution in [0.2, 0.25) is 0 Å². The molecule has 0 spiro atoms. The Balaban J connectivity index is 1.83. The van der Waals surface area contributed by atoms with Gasteiger partial charge in [0.05, 0.1) is 12.2 Å². The summed E-state index contributed by atoms with van der Waals surface area (Å²) in [5, 5.41) is 14.1. The van der Waals surface area contributed by atoms with Gasteiger partial charge in [-0.25, -0.2) is 9.78 Å². The van der Waals surface area contributed by atoms with Gasteiger partial charge in [0.2, 0.25) is 0 Å². The number of nitrogens with one attached hydrogen (secondary N) is 1. The Kier molecular flexibility index (Phi) is 5.13. The number of carbonyl (C=O) groups excluding carboxylic acids is 1. The molecule has 0 unspecified atom stereocenters. The van der Waals surface area contributed by atoms with Crippen molar-refractivity contribution < 1.29 is 14.7 Å². The summed E-state index contributed by atoms with van der Waals surface area (Å²) in [5.41, 5.74) is 0.974. The van der Waals surface area contributed by atoms with Crippen LogP contribution in [0.5, 0.6) is 0 Å². The molecule has 21 heavy (non-hydrogen) atoms. The van der Waals surface area contributed by atoms with Crippen LogP contribution in [0.15, 0.2) is 5.38 Å². The van der Waals surface area contributed by atoms with E-state index in [0.29, 0.717) is 37.2 Å². The Bertz CT molecular complexity index is 509. The molecular formula is C13H20N4O3S. The van der Waals surface area contributed by atoms with Gasteiger partial charge in [0, 0.05) is 31.6 Å². The first-order valence-corrected chi connectivity index (χ1v) is 7.79. The topological polar surface area (TPSA) is 85.8 Å². The van der Waals surface area contributed by atoms with E-state index in [0.717, 1.165) is 5.69 Å². The highest BCUT2D eigenvalue weighted by Crippen LogP contribution is 2.21. The zero-order valence-corrected chi connectivity index (χ0v) is 13.0. The summed E-state index contributed by atoms with van der Waals surface area (Å²) in [7, 11) is 0. The smallest absolute Gasteiger partial charge is 0.323 e. The fourth-order valence-corrected chi connectivity index (χ4v) is 2.94. The summed E-state index contributed by atoms with van der Waals surface area (Å²) in [4.78, 5) is 30.6. The minimum Gasteiger partial charge on any atom is -0.480 e. The molecule has 0 bridgehead atoms. The van der Waals surface area contributed by atoms with Crippen molar-refractivity contribution >= 4 is 28.5 Å². The third kappa shape index (κ3) is 4.40. The Morgan fingerprint density at radius 1 is 1.38 bits per heavy atom. The fraction of sp³-hybridized carbons (Fsp3) is 0.615. The summed E-state index contributed by atoms with van der Waals surface area (Å²) in [6.07, 6.45) is 0. The molecule has 1 saturated heterocycles. The highest BCUT2D eigenvalue weighted by molar-refractivity contribution is 7.13. The number of nitrogens with zero attached hydrogens (tertiary/aromatic N) is 3. The highest BCUT2D eigenvalue weighted by Gasteiger charge is 2.22. The van der Waals surface area contributed by atoms with Gasteiger partial charge in [-0.05, 0) is 5.92 Å². The maximum atomic E-state index is 12.1. The maximum absolute atomic E-state index is 12.1. The third-order valence-electron chi connectivity index (χ3n) is 3.35. The van der Waals surface area contributed by atoms with Crippen LogP contribution in [-0.4, -0.2) is 64.6 Å². The highest BCUT2D eigenvalue weighted by atomic mass is 32.1. The average molecular weight is 312 g/mol. The number of urea groups is 1. The van der Waals surface area contributed by atoms with E-state index in [9.17, 15) is 9.59 Å². The number of carboxylic acids is 1. The molecule has 0 aliphatic carbocycles. The van der Waals surface area contributed by atoms with E-state index in [1.54, 1.807) is 4.90 Å². The molecule has 0 aromatic carbocycles. The van der Waals surface area contributed by atoms with Crippen LogP contribution in [0.3, 0.4) is 0 Å². The first-order chi connectivity index (χ1) is 9.95. The van der Waals surface area contributed by atoms with E-state index in [4.69, 9.17) is 5.11 Å².